The molecule has 7 nitrogen and oxygen atoms in total. The zero-order valence-corrected chi connectivity index (χ0v) is 15.3. The van der Waals surface area contributed by atoms with Gasteiger partial charge in [0.15, 0.2) is 5.69 Å². The number of nitrogens with zero attached hydrogens (tertiary/aromatic N) is 3. The van der Waals surface area contributed by atoms with E-state index in [1.807, 2.05) is 24.3 Å². The number of carbonyl (C=O) groups is 2. The lowest BCUT2D eigenvalue weighted by Crippen LogP contribution is -2.26. The third-order valence-corrected chi connectivity index (χ3v) is 4.19. The summed E-state index contributed by atoms with van der Waals surface area (Å²) in [5, 5.41) is 5.68. The highest BCUT2D eigenvalue weighted by Gasteiger charge is 2.21. The maximum absolute atomic E-state index is 12.6. The van der Waals surface area contributed by atoms with Crippen molar-refractivity contribution in [3.63, 3.8) is 0 Å². The summed E-state index contributed by atoms with van der Waals surface area (Å²) in [5.41, 5.74) is 1.61. The van der Waals surface area contributed by atoms with Crippen molar-refractivity contribution in [2.45, 2.75) is 32.7 Å². The number of hydrogen-bond acceptors (Lipinski definition) is 4. The number of amides is 2. The zero-order chi connectivity index (χ0) is 19.1. The van der Waals surface area contributed by atoms with E-state index in [4.69, 9.17) is 0 Å². The normalized spacial score (nSPS) is 10.7. The minimum atomic E-state index is -0.355. The molecule has 0 bridgehead atoms. The maximum Gasteiger partial charge on any atom is 0.288 e. The number of rotatable bonds is 8. The zero-order valence-electron chi connectivity index (χ0n) is 15.3. The minimum Gasteiger partial charge on any atom is -0.351 e. The van der Waals surface area contributed by atoms with E-state index in [1.165, 1.54) is 0 Å². The molecule has 2 N–H and O–H groups in total. The first-order valence-electron chi connectivity index (χ1n) is 9.14. The second-order valence-corrected chi connectivity index (χ2v) is 6.21. The molecule has 3 aromatic rings. The molecule has 7 heteroatoms. The first kappa shape index (κ1) is 18.6. The van der Waals surface area contributed by atoms with Gasteiger partial charge in [-0.1, -0.05) is 31.9 Å². The maximum atomic E-state index is 12.6. The Morgan fingerprint density at radius 2 is 1.89 bits per heavy atom. The molecule has 140 valence electrons. The molecule has 3 heterocycles. The van der Waals surface area contributed by atoms with E-state index in [1.54, 1.807) is 28.9 Å². The van der Waals surface area contributed by atoms with Crippen molar-refractivity contribution in [3.05, 3.63) is 66.0 Å². The molecule has 3 rings (SSSR count). The lowest BCUT2D eigenvalue weighted by atomic mass is 10.2. The largest absolute Gasteiger partial charge is 0.351 e. The molecule has 27 heavy (non-hydrogen) atoms. The molecular formula is C20H23N5O2. The van der Waals surface area contributed by atoms with Crippen LogP contribution in [-0.4, -0.2) is 32.7 Å². The van der Waals surface area contributed by atoms with Gasteiger partial charge in [-0.05, 0) is 30.7 Å². The van der Waals surface area contributed by atoms with E-state index < -0.39 is 0 Å². The van der Waals surface area contributed by atoms with E-state index in [0.29, 0.717) is 18.6 Å². The molecule has 0 aromatic carbocycles. The second-order valence-electron chi connectivity index (χ2n) is 6.21. The van der Waals surface area contributed by atoms with Gasteiger partial charge in [0.2, 0.25) is 5.82 Å². The number of hydrogen-bond donors (Lipinski definition) is 2. The quantitative estimate of drug-likeness (QED) is 0.601. The topological polar surface area (TPSA) is 88.4 Å². The van der Waals surface area contributed by atoms with Gasteiger partial charge in [-0.2, -0.15) is 0 Å². The highest BCUT2D eigenvalue weighted by molar-refractivity contribution is 6.02. The monoisotopic (exact) mass is 365 g/mol. The number of imidazole rings is 1. The molecule has 0 aliphatic rings. The fourth-order valence-electron chi connectivity index (χ4n) is 2.78. The van der Waals surface area contributed by atoms with Crippen LogP contribution in [-0.2, 0) is 6.54 Å². The second kappa shape index (κ2) is 8.93. The summed E-state index contributed by atoms with van der Waals surface area (Å²) in [6, 6.07) is 10.9. The van der Waals surface area contributed by atoms with Gasteiger partial charge in [0.1, 0.15) is 0 Å². The van der Waals surface area contributed by atoms with Gasteiger partial charge in [0.25, 0.3) is 11.8 Å². The van der Waals surface area contributed by atoms with Crippen LogP contribution < -0.4 is 10.6 Å². The Labute approximate surface area is 157 Å². The summed E-state index contributed by atoms with van der Waals surface area (Å²) in [6.45, 7) is 3.00. The van der Waals surface area contributed by atoms with Gasteiger partial charge in [-0.25, -0.2) is 4.98 Å². The van der Waals surface area contributed by atoms with Gasteiger partial charge in [0, 0.05) is 18.9 Å². The number of nitrogens with one attached hydrogen (secondary N) is 2. The van der Waals surface area contributed by atoms with Crippen LogP contribution in [0.3, 0.4) is 0 Å². The van der Waals surface area contributed by atoms with E-state index in [9.17, 15) is 9.59 Å². The first-order valence-corrected chi connectivity index (χ1v) is 9.14. The third kappa shape index (κ3) is 4.49. The summed E-state index contributed by atoms with van der Waals surface area (Å²) < 4.78 is 1.63. The molecule has 2 amide bonds. The highest BCUT2D eigenvalue weighted by Crippen LogP contribution is 2.13. The van der Waals surface area contributed by atoms with Crippen molar-refractivity contribution >= 4 is 17.3 Å². The smallest absolute Gasteiger partial charge is 0.288 e. The van der Waals surface area contributed by atoms with E-state index >= 15 is 0 Å². The summed E-state index contributed by atoms with van der Waals surface area (Å²) in [4.78, 5) is 33.6. The SMILES string of the molecule is CCCCCNC(=O)c1nc(C(=O)NCc2ccccn2)n2ccccc12. The molecule has 0 aliphatic carbocycles. The number of fused-ring (bicyclic) bond motifs is 1. The van der Waals surface area contributed by atoms with Crippen LogP contribution in [0.1, 0.15) is 53.0 Å². The molecule has 3 aromatic heterocycles. The molecular weight excluding hydrogens is 342 g/mol. The van der Waals surface area contributed by atoms with Crippen LogP contribution in [0, 0.1) is 0 Å². The van der Waals surface area contributed by atoms with E-state index in [-0.39, 0.29) is 23.3 Å². The van der Waals surface area contributed by atoms with Gasteiger partial charge < -0.3 is 10.6 Å². The first-order chi connectivity index (χ1) is 13.2. The van der Waals surface area contributed by atoms with Crippen molar-refractivity contribution in [3.8, 4) is 0 Å². The Balaban J connectivity index is 1.77. The van der Waals surface area contributed by atoms with Crippen LogP contribution in [0.4, 0.5) is 0 Å². The predicted octanol–water partition coefficient (Wildman–Crippen LogP) is 2.58. The molecule has 0 aliphatic heterocycles. The minimum absolute atomic E-state index is 0.181. The number of aromatic nitrogens is 3. The van der Waals surface area contributed by atoms with Gasteiger partial charge in [-0.3, -0.25) is 19.0 Å². The standard InChI is InChI=1S/C20H23N5O2/c1-2-3-6-12-22-19(26)17-16-10-5-8-13-25(16)18(24-17)20(27)23-14-15-9-4-7-11-21-15/h4-5,7-11,13H,2-3,6,12,14H2,1H3,(H,22,26)(H,23,27). The van der Waals surface area contributed by atoms with Crippen LogP contribution in [0.15, 0.2) is 48.8 Å². The summed E-state index contributed by atoms with van der Waals surface area (Å²) in [5.74, 6) is -0.439. The fraction of sp³-hybridized carbons (Fsp3) is 0.300. The van der Waals surface area contributed by atoms with Crippen molar-refractivity contribution in [1.82, 2.24) is 25.0 Å². The van der Waals surface area contributed by atoms with Crippen LogP contribution in [0.2, 0.25) is 0 Å². The predicted molar refractivity (Wildman–Crippen MR) is 102 cm³/mol. The number of pyridine rings is 2. The number of unbranched alkanes of at least 4 members (excludes halogenated alkanes) is 2. The Morgan fingerprint density at radius 1 is 1.04 bits per heavy atom. The number of carbonyl (C=O) groups excluding carboxylic acids is 2. The van der Waals surface area contributed by atoms with Crippen molar-refractivity contribution in [1.29, 1.82) is 0 Å². The summed E-state index contributed by atoms with van der Waals surface area (Å²) in [7, 11) is 0. The Bertz CT molecular complexity index is 921. The van der Waals surface area contributed by atoms with E-state index in [0.717, 1.165) is 25.0 Å². The van der Waals surface area contributed by atoms with Crippen molar-refractivity contribution < 1.29 is 9.59 Å². The van der Waals surface area contributed by atoms with E-state index in [2.05, 4.69) is 27.5 Å². The van der Waals surface area contributed by atoms with Gasteiger partial charge >= 0.3 is 0 Å². The Morgan fingerprint density at radius 3 is 2.67 bits per heavy atom. The molecule has 0 atom stereocenters. The lowest BCUT2D eigenvalue weighted by Gasteiger charge is -2.03. The average Bonchev–Trinajstić information content (AvgIpc) is 3.10. The van der Waals surface area contributed by atoms with Gasteiger partial charge in [-0.15, -0.1) is 0 Å². The van der Waals surface area contributed by atoms with Crippen LogP contribution in [0.25, 0.3) is 5.52 Å². The lowest BCUT2D eigenvalue weighted by molar-refractivity contribution is 0.0939. The summed E-state index contributed by atoms with van der Waals surface area (Å²) >= 11 is 0. The highest BCUT2D eigenvalue weighted by atomic mass is 16.2. The van der Waals surface area contributed by atoms with Crippen LogP contribution >= 0.6 is 0 Å². The third-order valence-electron chi connectivity index (χ3n) is 4.19. The Hall–Kier alpha value is -3.22. The molecule has 0 unspecified atom stereocenters. The Kier molecular flexibility index (Phi) is 6.14. The molecule has 0 spiro atoms. The summed E-state index contributed by atoms with van der Waals surface area (Å²) in [6.07, 6.45) is 6.47. The molecule has 0 saturated carbocycles. The molecule has 0 radical (unpaired) electrons. The fourth-order valence-corrected chi connectivity index (χ4v) is 2.78. The van der Waals surface area contributed by atoms with Crippen molar-refractivity contribution in [2.24, 2.45) is 0 Å². The van der Waals surface area contributed by atoms with Gasteiger partial charge in [0.05, 0.1) is 17.8 Å². The van der Waals surface area contributed by atoms with Crippen molar-refractivity contribution in [2.75, 3.05) is 6.54 Å². The average molecular weight is 365 g/mol. The van der Waals surface area contributed by atoms with Crippen LogP contribution in [0.5, 0.6) is 0 Å². The molecule has 0 fully saturated rings. The molecule has 0 saturated heterocycles.